The van der Waals surface area contributed by atoms with Gasteiger partial charge in [-0.25, -0.2) is 0 Å². The number of halogens is 1. The average Bonchev–Trinajstić information content (AvgIpc) is 2.37. The maximum Gasteiger partial charge on any atom is 0.262 e. The maximum atomic E-state index is 12.2. The summed E-state index contributed by atoms with van der Waals surface area (Å²) in [7, 11) is 0. The van der Waals surface area contributed by atoms with Crippen molar-refractivity contribution in [1.82, 2.24) is 4.57 Å². The number of fused-ring (bicyclic) bond motifs is 1. The smallest absolute Gasteiger partial charge is 0.262 e. The molecule has 1 aromatic rings. The number of aromatic nitrogens is 1. The fourth-order valence-electron chi connectivity index (χ4n) is 2.57. The minimum atomic E-state index is -0.640. The van der Waals surface area contributed by atoms with Crippen LogP contribution in [-0.2, 0) is 19.4 Å². The van der Waals surface area contributed by atoms with E-state index < -0.39 is 5.24 Å². The fourth-order valence-corrected chi connectivity index (χ4v) is 2.71. The highest BCUT2D eigenvalue weighted by molar-refractivity contribution is 6.67. The van der Waals surface area contributed by atoms with Crippen molar-refractivity contribution in [1.29, 1.82) is 0 Å². The van der Waals surface area contributed by atoms with Crippen LogP contribution in [0.15, 0.2) is 10.9 Å². The molecule has 0 spiro atoms. The van der Waals surface area contributed by atoms with Crippen molar-refractivity contribution < 1.29 is 4.79 Å². The van der Waals surface area contributed by atoms with Crippen molar-refractivity contribution in [2.45, 2.75) is 52.0 Å². The van der Waals surface area contributed by atoms with Crippen molar-refractivity contribution >= 4 is 16.8 Å². The minimum absolute atomic E-state index is 0.133. The van der Waals surface area contributed by atoms with E-state index in [1.54, 1.807) is 10.6 Å². The molecule has 18 heavy (non-hydrogen) atoms. The molecule has 0 fully saturated rings. The Bertz CT molecular complexity index is 519. The minimum Gasteiger partial charge on any atom is -0.312 e. The largest absolute Gasteiger partial charge is 0.312 e. The third-order valence-corrected chi connectivity index (χ3v) is 3.75. The predicted octanol–water partition coefficient (Wildman–Crippen LogP) is 2.91. The number of carbonyl (C=O) groups excluding carboxylic acids is 1. The number of rotatable bonds is 4. The molecule has 0 aromatic carbocycles. The van der Waals surface area contributed by atoms with Gasteiger partial charge in [-0.05, 0) is 55.3 Å². The van der Waals surface area contributed by atoms with Crippen molar-refractivity contribution in [3.8, 4) is 0 Å². The Balaban J connectivity index is 2.55. The van der Waals surface area contributed by atoms with Crippen LogP contribution in [0.4, 0.5) is 0 Å². The van der Waals surface area contributed by atoms with Crippen molar-refractivity contribution in [2.24, 2.45) is 0 Å². The van der Waals surface area contributed by atoms with Gasteiger partial charge in [-0.15, -0.1) is 0 Å². The molecule has 0 saturated carbocycles. The van der Waals surface area contributed by atoms with Crippen LogP contribution in [0.25, 0.3) is 0 Å². The van der Waals surface area contributed by atoms with Crippen LogP contribution in [0.5, 0.6) is 0 Å². The quantitative estimate of drug-likeness (QED) is 0.787. The molecule has 3 nitrogen and oxygen atoms in total. The lowest BCUT2D eigenvalue weighted by molar-refractivity contribution is 0.107. The molecule has 0 atom stereocenters. The molecule has 4 heteroatoms. The van der Waals surface area contributed by atoms with Gasteiger partial charge >= 0.3 is 0 Å². The number of aryl methyl sites for hydroxylation is 1. The molecule has 0 amide bonds. The highest BCUT2D eigenvalue weighted by Crippen LogP contribution is 2.21. The molecule has 1 aromatic heterocycles. The topological polar surface area (TPSA) is 39.1 Å². The van der Waals surface area contributed by atoms with E-state index in [9.17, 15) is 9.59 Å². The number of carbonyl (C=O) groups is 1. The highest BCUT2D eigenvalue weighted by atomic mass is 35.5. The maximum absolute atomic E-state index is 12.2. The molecular formula is C14H18ClNO2. The number of unbranched alkanes of at least 4 members (excludes halogenated alkanes) is 1. The Morgan fingerprint density at radius 3 is 2.78 bits per heavy atom. The van der Waals surface area contributed by atoms with E-state index in [0.717, 1.165) is 49.8 Å². The summed E-state index contributed by atoms with van der Waals surface area (Å²) in [5.74, 6) is 0. The number of pyridine rings is 1. The van der Waals surface area contributed by atoms with Crippen LogP contribution in [0, 0.1) is 0 Å². The molecule has 0 radical (unpaired) electrons. The van der Waals surface area contributed by atoms with Gasteiger partial charge in [0.1, 0.15) is 0 Å². The SMILES string of the molecule is CCCCn1c2c(cc(C(=O)Cl)c1=O)CCCC2. The summed E-state index contributed by atoms with van der Waals surface area (Å²) in [5, 5.41) is -0.640. The average molecular weight is 268 g/mol. The lowest BCUT2D eigenvalue weighted by atomic mass is 9.94. The molecule has 0 saturated heterocycles. The first kappa shape index (κ1) is 13.3. The van der Waals surface area contributed by atoms with Crippen LogP contribution in [0.1, 0.15) is 54.2 Å². The van der Waals surface area contributed by atoms with E-state index in [1.165, 1.54) is 0 Å². The van der Waals surface area contributed by atoms with E-state index in [0.29, 0.717) is 6.54 Å². The standard InChI is InChI=1S/C14H18ClNO2/c1-2-3-8-16-12-7-5-4-6-10(12)9-11(13(15)17)14(16)18/h9H,2-8H2,1H3. The summed E-state index contributed by atoms with van der Waals surface area (Å²) in [6.07, 6.45) is 6.10. The molecule has 0 bridgehead atoms. The Hall–Kier alpha value is -1.09. The number of hydrogen-bond donors (Lipinski definition) is 0. The van der Waals surface area contributed by atoms with Gasteiger partial charge in [0, 0.05) is 12.2 Å². The summed E-state index contributed by atoms with van der Waals surface area (Å²) < 4.78 is 1.77. The van der Waals surface area contributed by atoms with Crippen LogP contribution < -0.4 is 5.56 Å². The number of hydrogen-bond acceptors (Lipinski definition) is 2. The lowest BCUT2D eigenvalue weighted by Crippen LogP contribution is -2.30. The molecule has 1 heterocycles. The van der Waals surface area contributed by atoms with Gasteiger partial charge in [-0.3, -0.25) is 9.59 Å². The van der Waals surface area contributed by atoms with Crippen molar-refractivity contribution in [3.63, 3.8) is 0 Å². The molecule has 0 unspecified atom stereocenters. The highest BCUT2D eigenvalue weighted by Gasteiger charge is 2.19. The molecule has 1 aliphatic carbocycles. The second-order valence-electron chi connectivity index (χ2n) is 4.82. The Morgan fingerprint density at radius 2 is 2.11 bits per heavy atom. The summed E-state index contributed by atoms with van der Waals surface area (Å²) in [4.78, 5) is 23.6. The third-order valence-electron chi connectivity index (χ3n) is 3.55. The fraction of sp³-hybridized carbons (Fsp3) is 0.571. The molecule has 0 N–H and O–H groups in total. The van der Waals surface area contributed by atoms with Gasteiger partial charge in [0.25, 0.3) is 10.8 Å². The van der Waals surface area contributed by atoms with Gasteiger partial charge < -0.3 is 4.57 Å². The monoisotopic (exact) mass is 267 g/mol. The Labute approximate surface area is 112 Å². The molecule has 98 valence electrons. The molecule has 0 aliphatic heterocycles. The van der Waals surface area contributed by atoms with E-state index >= 15 is 0 Å². The third kappa shape index (κ3) is 2.51. The zero-order valence-electron chi connectivity index (χ0n) is 10.7. The van der Waals surface area contributed by atoms with Crippen LogP contribution >= 0.6 is 11.6 Å². The van der Waals surface area contributed by atoms with Crippen LogP contribution in [0.2, 0.25) is 0 Å². The van der Waals surface area contributed by atoms with E-state index in [1.807, 2.05) is 0 Å². The van der Waals surface area contributed by atoms with Crippen LogP contribution in [0.3, 0.4) is 0 Å². The van der Waals surface area contributed by atoms with Crippen LogP contribution in [-0.4, -0.2) is 9.81 Å². The first-order valence-electron chi connectivity index (χ1n) is 6.60. The van der Waals surface area contributed by atoms with Gasteiger partial charge in [0.15, 0.2) is 0 Å². The van der Waals surface area contributed by atoms with E-state index in [-0.39, 0.29) is 11.1 Å². The number of nitrogens with zero attached hydrogens (tertiary/aromatic N) is 1. The van der Waals surface area contributed by atoms with Gasteiger partial charge in [0.2, 0.25) is 0 Å². The Kier molecular flexibility index (Phi) is 4.23. The Morgan fingerprint density at radius 1 is 1.39 bits per heavy atom. The summed E-state index contributed by atoms with van der Waals surface area (Å²) >= 11 is 5.50. The normalized spacial score (nSPS) is 14.3. The van der Waals surface area contributed by atoms with E-state index in [2.05, 4.69) is 6.92 Å². The second kappa shape index (κ2) is 5.70. The molecular weight excluding hydrogens is 250 g/mol. The first-order chi connectivity index (χ1) is 8.65. The predicted molar refractivity (Wildman–Crippen MR) is 72.4 cm³/mol. The zero-order valence-corrected chi connectivity index (χ0v) is 11.4. The van der Waals surface area contributed by atoms with Gasteiger partial charge in [-0.1, -0.05) is 13.3 Å². The van der Waals surface area contributed by atoms with Gasteiger partial charge in [0.05, 0.1) is 5.56 Å². The van der Waals surface area contributed by atoms with Crippen molar-refractivity contribution in [3.05, 3.63) is 33.2 Å². The summed E-state index contributed by atoms with van der Waals surface area (Å²) in [5.41, 5.74) is 2.15. The molecule has 1 aliphatic rings. The summed E-state index contributed by atoms with van der Waals surface area (Å²) in [6, 6.07) is 1.70. The van der Waals surface area contributed by atoms with E-state index in [4.69, 9.17) is 11.6 Å². The lowest BCUT2D eigenvalue weighted by Gasteiger charge is -2.21. The zero-order chi connectivity index (χ0) is 13.1. The second-order valence-corrected chi connectivity index (χ2v) is 5.16. The first-order valence-corrected chi connectivity index (χ1v) is 6.98. The van der Waals surface area contributed by atoms with Crippen molar-refractivity contribution in [2.75, 3.05) is 0 Å². The molecule has 2 rings (SSSR count). The van der Waals surface area contributed by atoms with Gasteiger partial charge in [-0.2, -0.15) is 0 Å². The summed E-state index contributed by atoms with van der Waals surface area (Å²) in [6.45, 7) is 2.78.